The molecule has 0 bridgehead atoms. The van der Waals surface area contributed by atoms with Gasteiger partial charge in [-0.05, 0) is 31.0 Å². The number of aromatic nitrogens is 3. The van der Waals surface area contributed by atoms with Gasteiger partial charge in [0.2, 0.25) is 0 Å². The van der Waals surface area contributed by atoms with Crippen molar-refractivity contribution in [3.8, 4) is 5.75 Å². The number of rotatable bonds is 3. The summed E-state index contributed by atoms with van der Waals surface area (Å²) >= 11 is 1.80. The average molecular weight is 394 g/mol. The predicted octanol–water partition coefficient (Wildman–Crippen LogP) is 4.77. The highest BCUT2D eigenvalue weighted by atomic mass is 32.1. The van der Waals surface area contributed by atoms with Crippen molar-refractivity contribution in [2.75, 3.05) is 25.1 Å². The highest BCUT2D eigenvalue weighted by molar-refractivity contribution is 7.18. The lowest BCUT2D eigenvalue weighted by atomic mass is 9.97. The maximum Gasteiger partial charge on any atom is 0.167 e. The molecule has 7 heteroatoms. The topological polar surface area (TPSA) is 51.1 Å². The van der Waals surface area contributed by atoms with Crippen molar-refractivity contribution in [3.05, 3.63) is 53.6 Å². The number of para-hydroxylation sites is 1. The van der Waals surface area contributed by atoms with E-state index < -0.39 is 5.82 Å². The molecule has 0 spiro atoms. The van der Waals surface area contributed by atoms with Crippen LogP contribution in [0.25, 0.3) is 21.1 Å². The molecule has 1 saturated heterocycles. The molecule has 1 fully saturated rings. The summed E-state index contributed by atoms with van der Waals surface area (Å²) in [6.45, 7) is 1.76. The number of anilines is 1. The lowest BCUT2D eigenvalue weighted by molar-refractivity contribution is 0.387. The molecule has 2 aromatic heterocycles. The predicted molar refractivity (Wildman–Crippen MR) is 110 cm³/mol. The Morgan fingerprint density at radius 3 is 2.71 bits per heavy atom. The minimum Gasteiger partial charge on any atom is -0.494 e. The number of benzene rings is 2. The Morgan fingerprint density at radius 1 is 1.11 bits per heavy atom. The number of hydrogen-bond acceptors (Lipinski definition) is 6. The molecule has 3 heterocycles. The number of methoxy groups -OCH3 is 1. The van der Waals surface area contributed by atoms with Crippen LogP contribution in [-0.2, 0) is 0 Å². The summed E-state index contributed by atoms with van der Waals surface area (Å²) in [5.41, 5.74) is 1.68. The Balaban J connectivity index is 1.40. The third-order valence-corrected chi connectivity index (χ3v) is 6.54. The Bertz CT molecular complexity index is 1120. The Morgan fingerprint density at radius 2 is 1.93 bits per heavy atom. The van der Waals surface area contributed by atoms with E-state index >= 15 is 0 Å². The summed E-state index contributed by atoms with van der Waals surface area (Å²) < 4.78 is 20.4. The van der Waals surface area contributed by atoms with Crippen LogP contribution in [0.1, 0.15) is 23.8 Å². The van der Waals surface area contributed by atoms with E-state index in [1.54, 1.807) is 17.4 Å². The maximum absolute atomic E-state index is 14.0. The van der Waals surface area contributed by atoms with Crippen LogP contribution in [0.2, 0.25) is 0 Å². The number of hydrogen-bond donors (Lipinski definition) is 0. The monoisotopic (exact) mass is 394 g/mol. The average Bonchev–Trinajstić information content (AvgIpc) is 3.17. The molecule has 0 atom stereocenters. The van der Waals surface area contributed by atoms with Crippen LogP contribution < -0.4 is 9.64 Å². The fourth-order valence-corrected chi connectivity index (χ4v) is 4.99. The van der Waals surface area contributed by atoms with Crippen LogP contribution in [0.15, 0.2) is 42.7 Å². The molecule has 142 valence electrons. The number of fused-ring (bicyclic) bond motifs is 2. The summed E-state index contributed by atoms with van der Waals surface area (Å²) in [5, 5.41) is 2.04. The first-order valence-electron chi connectivity index (χ1n) is 9.31. The van der Waals surface area contributed by atoms with Gasteiger partial charge >= 0.3 is 0 Å². The van der Waals surface area contributed by atoms with Gasteiger partial charge < -0.3 is 9.64 Å². The van der Waals surface area contributed by atoms with Gasteiger partial charge in [0.25, 0.3) is 0 Å². The van der Waals surface area contributed by atoms with Gasteiger partial charge in [-0.15, -0.1) is 11.3 Å². The highest BCUT2D eigenvalue weighted by Gasteiger charge is 2.25. The van der Waals surface area contributed by atoms with E-state index in [-0.39, 0.29) is 5.75 Å². The molecule has 28 heavy (non-hydrogen) atoms. The van der Waals surface area contributed by atoms with E-state index in [9.17, 15) is 4.39 Å². The molecule has 0 saturated carbocycles. The SMILES string of the molecule is COc1cc2c(N3CCC(c4nc5ccccc5s4)CC3)ncnc2cc1F. The molecule has 1 aliphatic heterocycles. The molecule has 5 nitrogen and oxygen atoms in total. The number of piperidine rings is 1. The fraction of sp³-hybridized carbons (Fsp3) is 0.286. The smallest absolute Gasteiger partial charge is 0.167 e. The first-order valence-corrected chi connectivity index (χ1v) is 10.1. The molecule has 0 amide bonds. The Labute approximate surface area is 165 Å². The summed E-state index contributed by atoms with van der Waals surface area (Å²) in [6.07, 6.45) is 3.54. The maximum atomic E-state index is 14.0. The molecule has 0 N–H and O–H groups in total. The van der Waals surface area contributed by atoms with Gasteiger partial charge in [0.1, 0.15) is 12.1 Å². The number of ether oxygens (including phenoxy) is 1. The zero-order chi connectivity index (χ0) is 19.1. The molecule has 0 radical (unpaired) electrons. The molecular weight excluding hydrogens is 375 g/mol. The zero-order valence-corrected chi connectivity index (χ0v) is 16.2. The van der Waals surface area contributed by atoms with E-state index in [4.69, 9.17) is 9.72 Å². The van der Waals surface area contributed by atoms with Crippen molar-refractivity contribution in [3.63, 3.8) is 0 Å². The normalized spacial score (nSPS) is 15.4. The van der Waals surface area contributed by atoms with Crippen molar-refractivity contribution in [2.24, 2.45) is 0 Å². The first kappa shape index (κ1) is 17.3. The standard InChI is InChI=1S/C21H19FN4OS/c1-27-18-10-14-17(11-15(18)22)23-12-24-20(14)26-8-6-13(7-9-26)21-25-16-4-2-3-5-19(16)28-21/h2-5,10-13H,6-9H2,1H3. The van der Waals surface area contributed by atoms with E-state index in [2.05, 4.69) is 33.1 Å². The Hall–Kier alpha value is -2.80. The van der Waals surface area contributed by atoms with Gasteiger partial charge in [-0.25, -0.2) is 19.3 Å². The summed E-state index contributed by atoms with van der Waals surface area (Å²) in [7, 11) is 1.47. The molecule has 4 aromatic rings. The van der Waals surface area contributed by atoms with E-state index in [1.807, 2.05) is 6.07 Å². The molecular formula is C21H19FN4OS. The number of nitrogens with zero attached hydrogens (tertiary/aromatic N) is 4. The third-order valence-electron chi connectivity index (χ3n) is 5.34. The molecule has 0 aliphatic carbocycles. The summed E-state index contributed by atoms with van der Waals surface area (Å²) in [6, 6.07) is 11.4. The largest absolute Gasteiger partial charge is 0.494 e. The Kier molecular flexibility index (Phi) is 4.31. The third kappa shape index (κ3) is 2.96. The van der Waals surface area contributed by atoms with E-state index in [0.29, 0.717) is 11.4 Å². The van der Waals surface area contributed by atoms with Crippen LogP contribution in [0.4, 0.5) is 10.2 Å². The van der Waals surface area contributed by atoms with Gasteiger partial charge in [-0.3, -0.25) is 0 Å². The van der Waals surface area contributed by atoms with Crippen molar-refractivity contribution >= 4 is 38.3 Å². The lowest BCUT2D eigenvalue weighted by Crippen LogP contribution is -2.33. The van der Waals surface area contributed by atoms with Crippen molar-refractivity contribution in [2.45, 2.75) is 18.8 Å². The summed E-state index contributed by atoms with van der Waals surface area (Å²) in [5.74, 6) is 1.11. The minimum atomic E-state index is -0.408. The molecule has 1 aliphatic rings. The van der Waals surface area contributed by atoms with Crippen LogP contribution in [0, 0.1) is 5.82 Å². The first-order chi connectivity index (χ1) is 13.7. The number of halogens is 1. The summed E-state index contributed by atoms with van der Waals surface area (Å²) in [4.78, 5) is 15.8. The van der Waals surface area contributed by atoms with Crippen molar-refractivity contribution in [1.29, 1.82) is 0 Å². The minimum absolute atomic E-state index is 0.216. The highest BCUT2D eigenvalue weighted by Crippen LogP contribution is 2.36. The van der Waals surface area contributed by atoms with Crippen LogP contribution in [0.3, 0.4) is 0 Å². The number of thiazole rings is 1. The van der Waals surface area contributed by atoms with Crippen LogP contribution in [0.5, 0.6) is 5.75 Å². The lowest BCUT2D eigenvalue weighted by Gasteiger charge is -2.32. The second-order valence-electron chi connectivity index (χ2n) is 6.98. The quantitative estimate of drug-likeness (QED) is 0.501. The fourth-order valence-electron chi connectivity index (χ4n) is 3.86. The van der Waals surface area contributed by atoms with Gasteiger partial charge in [0, 0.05) is 30.5 Å². The van der Waals surface area contributed by atoms with Gasteiger partial charge in [-0.1, -0.05) is 12.1 Å². The van der Waals surface area contributed by atoms with Gasteiger partial charge in [0.05, 0.1) is 27.9 Å². The second-order valence-corrected chi connectivity index (χ2v) is 8.04. The molecule has 5 rings (SSSR count). The second kappa shape index (κ2) is 6.98. The zero-order valence-electron chi connectivity index (χ0n) is 15.4. The van der Waals surface area contributed by atoms with Gasteiger partial charge in [0.15, 0.2) is 11.6 Å². The molecule has 0 unspecified atom stereocenters. The van der Waals surface area contributed by atoms with Crippen molar-refractivity contribution in [1.82, 2.24) is 15.0 Å². The van der Waals surface area contributed by atoms with E-state index in [0.717, 1.165) is 42.7 Å². The van der Waals surface area contributed by atoms with E-state index in [1.165, 1.54) is 29.2 Å². The van der Waals surface area contributed by atoms with Gasteiger partial charge in [-0.2, -0.15) is 0 Å². The molecule has 2 aromatic carbocycles. The van der Waals surface area contributed by atoms with Crippen LogP contribution >= 0.6 is 11.3 Å². The van der Waals surface area contributed by atoms with Crippen LogP contribution in [-0.4, -0.2) is 35.2 Å². The van der Waals surface area contributed by atoms with Crippen molar-refractivity contribution < 1.29 is 9.13 Å².